The topological polar surface area (TPSA) is 24.9 Å². The van der Waals surface area contributed by atoms with Gasteiger partial charge in [-0.05, 0) is 34.5 Å². The third-order valence-corrected chi connectivity index (χ3v) is 4.01. The standard InChI is InChI=1S/C14H11ClN2S/c15-14-6-5-11(8-17-14)16-7-10-9-18-13-4-2-1-3-12(10)13/h1-6,8-9,16H,7H2. The molecule has 1 N–H and O–H groups in total. The fraction of sp³-hybridized carbons (Fsp3) is 0.0714. The number of thiophene rings is 1. The number of fused-ring (bicyclic) bond motifs is 1. The van der Waals surface area contributed by atoms with Crippen molar-refractivity contribution >= 4 is 38.7 Å². The van der Waals surface area contributed by atoms with E-state index in [1.807, 2.05) is 6.07 Å². The summed E-state index contributed by atoms with van der Waals surface area (Å²) in [7, 11) is 0. The van der Waals surface area contributed by atoms with Gasteiger partial charge in [-0.25, -0.2) is 4.98 Å². The molecule has 2 heterocycles. The second-order valence-electron chi connectivity index (χ2n) is 3.98. The van der Waals surface area contributed by atoms with Crippen LogP contribution in [0.2, 0.25) is 5.15 Å². The van der Waals surface area contributed by atoms with Crippen molar-refractivity contribution in [2.24, 2.45) is 0 Å². The number of rotatable bonds is 3. The first-order valence-corrected chi connectivity index (χ1v) is 6.89. The number of benzene rings is 1. The molecule has 0 spiro atoms. The molecule has 0 atom stereocenters. The molecule has 0 saturated carbocycles. The second kappa shape index (κ2) is 4.96. The Morgan fingerprint density at radius 1 is 1.17 bits per heavy atom. The van der Waals surface area contributed by atoms with Gasteiger partial charge in [-0.15, -0.1) is 11.3 Å². The summed E-state index contributed by atoms with van der Waals surface area (Å²) in [5, 5.41) is 7.38. The van der Waals surface area contributed by atoms with Gasteiger partial charge in [-0.1, -0.05) is 29.8 Å². The predicted octanol–water partition coefficient (Wildman–Crippen LogP) is 4.56. The molecule has 0 aliphatic rings. The van der Waals surface area contributed by atoms with Crippen LogP contribution in [0.15, 0.2) is 48.0 Å². The molecule has 18 heavy (non-hydrogen) atoms. The molecular formula is C14H11ClN2S. The summed E-state index contributed by atoms with van der Waals surface area (Å²) >= 11 is 7.53. The number of hydrogen-bond acceptors (Lipinski definition) is 3. The van der Waals surface area contributed by atoms with Gasteiger partial charge in [0.25, 0.3) is 0 Å². The minimum absolute atomic E-state index is 0.515. The number of hydrogen-bond donors (Lipinski definition) is 1. The van der Waals surface area contributed by atoms with Crippen LogP contribution in [-0.4, -0.2) is 4.98 Å². The van der Waals surface area contributed by atoms with E-state index in [9.17, 15) is 0 Å². The van der Waals surface area contributed by atoms with Gasteiger partial charge in [0, 0.05) is 11.2 Å². The monoisotopic (exact) mass is 274 g/mol. The van der Waals surface area contributed by atoms with Crippen LogP contribution in [0, 0.1) is 0 Å². The Bertz CT molecular complexity index is 661. The Kier molecular flexibility index (Phi) is 3.17. The molecule has 2 aromatic heterocycles. The molecule has 0 amide bonds. The normalized spacial score (nSPS) is 10.7. The smallest absolute Gasteiger partial charge is 0.129 e. The number of nitrogens with one attached hydrogen (secondary N) is 1. The zero-order chi connectivity index (χ0) is 12.4. The van der Waals surface area contributed by atoms with E-state index in [0.29, 0.717) is 5.15 Å². The van der Waals surface area contributed by atoms with Gasteiger partial charge in [-0.3, -0.25) is 0 Å². The summed E-state index contributed by atoms with van der Waals surface area (Å²) in [6.45, 7) is 0.799. The van der Waals surface area contributed by atoms with E-state index < -0.39 is 0 Å². The van der Waals surface area contributed by atoms with Gasteiger partial charge in [0.1, 0.15) is 5.15 Å². The van der Waals surface area contributed by atoms with Gasteiger partial charge in [0.15, 0.2) is 0 Å². The van der Waals surface area contributed by atoms with Gasteiger partial charge >= 0.3 is 0 Å². The molecule has 3 aromatic rings. The summed E-state index contributed by atoms with van der Waals surface area (Å²) in [5.74, 6) is 0. The van der Waals surface area contributed by atoms with Crippen molar-refractivity contribution in [1.29, 1.82) is 0 Å². The SMILES string of the molecule is Clc1ccc(NCc2csc3ccccc23)cn1. The van der Waals surface area contributed by atoms with Crippen LogP contribution < -0.4 is 5.32 Å². The van der Waals surface area contributed by atoms with E-state index >= 15 is 0 Å². The lowest BCUT2D eigenvalue weighted by molar-refractivity contribution is 1.16. The Morgan fingerprint density at radius 2 is 2.06 bits per heavy atom. The Balaban J connectivity index is 1.79. The maximum atomic E-state index is 5.75. The van der Waals surface area contributed by atoms with Crippen molar-refractivity contribution in [2.75, 3.05) is 5.32 Å². The maximum absolute atomic E-state index is 5.75. The number of pyridine rings is 1. The van der Waals surface area contributed by atoms with E-state index in [4.69, 9.17) is 11.6 Å². The highest BCUT2D eigenvalue weighted by Crippen LogP contribution is 2.26. The van der Waals surface area contributed by atoms with E-state index in [0.717, 1.165) is 12.2 Å². The lowest BCUT2D eigenvalue weighted by atomic mass is 10.2. The third-order valence-electron chi connectivity index (χ3n) is 2.77. The molecule has 0 aliphatic heterocycles. The second-order valence-corrected chi connectivity index (χ2v) is 5.28. The van der Waals surface area contributed by atoms with Crippen LogP contribution >= 0.6 is 22.9 Å². The van der Waals surface area contributed by atoms with Crippen molar-refractivity contribution in [3.8, 4) is 0 Å². The molecule has 0 aliphatic carbocycles. The van der Waals surface area contributed by atoms with Crippen molar-refractivity contribution in [2.45, 2.75) is 6.54 Å². The molecule has 4 heteroatoms. The molecule has 0 radical (unpaired) electrons. The zero-order valence-corrected chi connectivity index (χ0v) is 11.1. The summed E-state index contributed by atoms with van der Waals surface area (Å²) < 4.78 is 1.32. The van der Waals surface area contributed by atoms with Gasteiger partial charge in [0.2, 0.25) is 0 Å². The van der Waals surface area contributed by atoms with Crippen molar-refractivity contribution < 1.29 is 0 Å². The average molecular weight is 275 g/mol. The molecule has 90 valence electrons. The highest BCUT2D eigenvalue weighted by Gasteiger charge is 2.02. The quantitative estimate of drug-likeness (QED) is 0.708. The van der Waals surface area contributed by atoms with Gasteiger partial charge < -0.3 is 5.32 Å². The predicted molar refractivity (Wildman–Crippen MR) is 78.4 cm³/mol. The number of nitrogens with zero attached hydrogens (tertiary/aromatic N) is 1. The maximum Gasteiger partial charge on any atom is 0.129 e. The Morgan fingerprint density at radius 3 is 2.89 bits per heavy atom. The number of halogens is 1. The molecule has 3 rings (SSSR count). The first-order valence-electron chi connectivity index (χ1n) is 5.63. The first kappa shape index (κ1) is 11.5. The van der Waals surface area contributed by atoms with Crippen LogP contribution in [-0.2, 0) is 6.54 Å². The molecule has 0 bridgehead atoms. The number of anilines is 1. The van der Waals surface area contributed by atoms with Crippen LogP contribution in [0.4, 0.5) is 5.69 Å². The Labute approximate surface area is 114 Å². The van der Waals surface area contributed by atoms with E-state index in [-0.39, 0.29) is 0 Å². The fourth-order valence-corrected chi connectivity index (χ4v) is 2.92. The van der Waals surface area contributed by atoms with E-state index in [1.165, 1.54) is 15.6 Å². The first-order chi connectivity index (χ1) is 8.83. The lowest BCUT2D eigenvalue weighted by Crippen LogP contribution is -1.98. The molecule has 0 saturated heterocycles. The Hall–Kier alpha value is -1.58. The summed E-state index contributed by atoms with van der Waals surface area (Å²) in [6, 6.07) is 12.2. The summed E-state index contributed by atoms with van der Waals surface area (Å²) in [5.41, 5.74) is 2.29. The average Bonchev–Trinajstić information content (AvgIpc) is 2.82. The highest BCUT2D eigenvalue weighted by molar-refractivity contribution is 7.17. The van der Waals surface area contributed by atoms with Crippen molar-refractivity contribution in [3.05, 3.63) is 58.7 Å². The van der Waals surface area contributed by atoms with Crippen LogP contribution in [0.3, 0.4) is 0 Å². The molecule has 0 fully saturated rings. The van der Waals surface area contributed by atoms with E-state index in [2.05, 4.69) is 39.9 Å². The summed E-state index contributed by atoms with van der Waals surface area (Å²) in [6.07, 6.45) is 1.75. The third kappa shape index (κ3) is 2.33. The van der Waals surface area contributed by atoms with Crippen LogP contribution in [0.1, 0.15) is 5.56 Å². The van der Waals surface area contributed by atoms with Gasteiger partial charge in [0.05, 0.1) is 11.9 Å². The van der Waals surface area contributed by atoms with Crippen LogP contribution in [0.25, 0.3) is 10.1 Å². The minimum Gasteiger partial charge on any atom is -0.380 e. The summed E-state index contributed by atoms with van der Waals surface area (Å²) in [4.78, 5) is 4.05. The fourth-order valence-electron chi connectivity index (χ4n) is 1.85. The molecule has 0 unspecified atom stereocenters. The lowest BCUT2D eigenvalue weighted by Gasteiger charge is -2.05. The zero-order valence-electron chi connectivity index (χ0n) is 9.56. The highest BCUT2D eigenvalue weighted by atomic mass is 35.5. The van der Waals surface area contributed by atoms with Gasteiger partial charge in [-0.2, -0.15) is 0 Å². The molecule has 2 nitrogen and oxygen atoms in total. The van der Waals surface area contributed by atoms with Crippen molar-refractivity contribution in [1.82, 2.24) is 4.98 Å². The molecular weight excluding hydrogens is 264 g/mol. The molecule has 1 aromatic carbocycles. The number of aromatic nitrogens is 1. The van der Waals surface area contributed by atoms with Crippen LogP contribution in [0.5, 0.6) is 0 Å². The van der Waals surface area contributed by atoms with Crippen molar-refractivity contribution in [3.63, 3.8) is 0 Å². The largest absolute Gasteiger partial charge is 0.380 e. The van der Waals surface area contributed by atoms with E-state index in [1.54, 1.807) is 23.6 Å². The minimum atomic E-state index is 0.515.